The summed E-state index contributed by atoms with van der Waals surface area (Å²) in [5.41, 5.74) is 2.09. The number of nitrogens with one attached hydrogen (secondary N) is 2. The Kier molecular flexibility index (Phi) is 4.11. The van der Waals surface area contributed by atoms with Gasteiger partial charge in [0.1, 0.15) is 11.6 Å². The minimum absolute atomic E-state index is 0.119. The summed E-state index contributed by atoms with van der Waals surface area (Å²) in [6, 6.07) is 9.86. The topological polar surface area (TPSA) is 40.7 Å². The fourth-order valence-corrected chi connectivity index (χ4v) is 2.62. The lowest BCUT2D eigenvalue weighted by Gasteiger charge is -2.06. The standard InChI is InChI=1S/C16H13F2N3S/c1-10-6-13(18)15(8-12(10)17)21-22-11-7-16(20-9-11)14-4-2-3-5-19-14/h2-9,20-21H,1H3. The third-order valence-corrected chi connectivity index (χ3v) is 3.92. The number of H-pyrrole nitrogens is 1. The number of hydrogen-bond donors (Lipinski definition) is 2. The van der Waals surface area contributed by atoms with Crippen LogP contribution in [0.2, 0.25) is 0 Å². The number of rotatable bonds is 4. The van der Waals surface area contributed by atoms with E-state index in [1.807, 2.05) is 24.3 Å². The molecule has 3 rings (SSSR count). The average molecular weight is 317 g/mol. The van der Waals surface area contributed by atoms with Crippen molar-refractivity contribution in [3.8, 4) is 11.4 Å². The highest BCUT2D eigenvalue weighted by Gasteiger charge is 2.08. The van der Waals surface area contributed by atoms with Crippen molar-refractivity contribution in [3.05, 3.63) is 66.0 Å². The molecule has 6 heteroatoms. The van der Waals surface area contributed by atoms with Crippen LogP contribution in [-0.2, 0) is 0 Å². The first kappa shape index (κ1) is 14.6. The van der Waals surface area contributed by atoms with Crippen LogP contribution in [0.3, 0.4) is 0 Å². The maximum absolute atomic E-state index is 13.7. The van der Waals surface area contributed by atoms with Crippen molar-refractivity contribution in [2.24, 2.45) is 0 Å². The van der Waals surface area contributed by atoms with Crippen molar-refractivity contribution in [1.29, 1.82) is 0 Å². The van der Waals surface area contributed by atoms with Crippen LogP contribution >= 0.6 is 11.9 Å². The van der Waals surface area contributed by atoms with Crippen LogP contribution in [0.15, 0.2) is 53.7 Å². The van der Waals surface area contributed by atoms with E-state index >= 15 is 0 Å². The van der Waals surface area contributed by atoms with E-state index in [0.717, 1.165) is 22.3 Å². The zero-order valence-electron chi connectivity index (χ0n) is 11.7. The summed E-state index contributed by atoms with van der Waals surface area (Å²) in [5.74, 6) is -0.917. The van der Waals surface area contributed by atoms with Crippen LogP contribution in [0.25, 0.3) is 11.4 Å². The van der Waals surface area contributed by atoms with E-state index in [0.29, 0.717) is 0 Å². The molecule has 1 aromatic carbocycles. The molecule has 0 fully saturated rings. The Hall–Kier alpha value is -2.34. The SMILES string of the molecule is Cc1cc(F)c(NSc2c[nH]c(-c3ccccn3)c2)cc1F. The highest BCUT2D eigenvalue weighted by molar-refractivity contribution is 8.00. The van der Waals surface area contributed by atoms with Crippen LogP contribution < -0.4 is 4.72 Å². The van der Waals surface area contributed by atoms with Gasteiger partial charge in [0.15, 0.2) is 0 Å². The number of aromatic amines is 1. The van der Waals surface area contributed by atoms with Gasteiger partial charge in [0.05, 0.1) is 17.1 Å². The van der Waals surface area contributed by atoms with Gasteiger partial charge in [-0.05, 0) is 48.7 Å². The number of benzene rings is 1. The van der Waals surface area contributed by atoms with Crippen molar-refractivity contribution in [2.45, 2.75) is 11.8 Å². The normalized spacial score (nSPS) is 10.7. The quantitative estimate of drug-likeness (QED) is 0.680. The van der Waals surface area contributed by atoms with Crippen LogP contribution in [0.5, 0.6) is 0 Å². The summed E-state index contributed by atoms with van der Waals surface area (Å²) in [5, 5.41) is 0. The number of aromatic nitrogens is 2. The first-order valence-electron chi connectivity index (χ1n) is 6.62. The summed E-state index contributed by atoms with van der Waals surface area (Å²) in [6.45, 7) is 1.53. The molecule has 0 aliphatic heterocycles. The van der Waals surface area contributed by atoms with E-state index < -0.39 is 11.6 Å². The summed E-state index contributed by atoms with van der Waals surface area (Å²) >= 11 is 1.20. The minimum atomic E-state index is -0.480. The lowest BCUT2D eigenvalue weighted by Crippen LogP contribution is -1.94. The third-order valence-electron chi connectivity index (χ3n) is 3.12. The second kappa shape index (κ2) is 6.19. The lowest BCUT2D eigenvalue weighted by molar-refractivity contribution is 0.596. The van der Waals surface area contributed by atoms with Crippen molar-refractivity contribution in [3.63, 3.8) is 0 Å². The molecule has 0 radical (unpaired) electrons. The molecule has 3 nitrogen and oxygen atoms in total. The van der Waals surface area contributed by atoms with Gasteiger partial charge in [-0.15, -0.1) is 0 Å². The minimum Gasteiger partial charge on any atom is -0.359 e. The molecule has 22 heavy (non-hydrogen) atoms. The molecule has 0 bridgehead atoms. The zero-order chi connectivity index (χ0) is 15.5. The summed E-state index contributed by atoms with van der Waals surface area (Å²) in [4.78, 5) is 8.20. The van der Waals surface area contributed by atoms with E-state index in [1.54, 1.807) is 12.4 Å². The number of aryl methyl sites for hydroxylation is 1. The van der Waals surface area contributed by atoms with Crippen LogP contribution in [0.1, 0.15) is 5.56 Å². The molecule has 0 atom stereocenters. The van der Waals surface area contributed by atoms with E-state index in [-0.39, 0.29) is 11.3 Å². The summed E-state index contributed by atoms with van der Waals surface area (Å²) in [7, 11) is 0. The van der Waals surface area contributed by atoms with Crippen molar-refractivity contribution < 1.29 is 8.78 Å². The maximum Gasteiger partial charge on any atom is 0.147 e. The molecule has 2 aromatic heterocycles. The first-order chi connectivity index (χ1) is 10.6. The van der Waals surface area contributed by atoms with Gasteiger partial charge in [-0.2, -0.15) is 0 Å². The van der Waals surface area contributed by atoms with Gasteiger partial charge in [0.25, 0.3) is 0 Å². The van der Waals surface area contributed by atoms with Gasteiger partial charge < -0.3 is 9.71 Å². The molecule has 0 unspecified atom stereocenters. The molecule has 3 aromatic rings. The molecule has 0 amide bonds. The highest BCUT2D eigenvalue weighted by atomic mass is 32.2. The Morgan fingerprint density at radius 1 is 1.14 bits per heavy atom. The van der Waals surface area contributed by atoms with E-state index in [2.05, 4.69) is 14.7 Å². The van der Waals surface area contributed by atoms with Crippen LogP contribution in [-0.4, -0.2) is 9.97 Å². The van der Waals surface area contributed by atoms with Crippen LogP contribution in [0, 0.1) is 18.6 Å². The fraction of sp³-hybridized carbons (Fsp3) is 0.0625. The summed E-state index contributed by atoms with van der Waals surface area (Å²) < 4.78 is 30.0. The molecular weight excluding hydrogens is 304 g/mol. The molecule has 112 valence electrons. The first-order valence-corrected chi connectivity index (χ1v) is 7.43. The lowest BCUT2D eigenvalue weighted by atomic mass is 10.2. The average Bonchev–Trinajstić information content (AvgIpc) is 2.99. The van der Waals surface area contributed by atoms with Crippen molar-refractivity contribution in [2.75, 3.05) is 4.72 Å². The van der Waals surface area contributed by atoms with Gasteiger partial charge in [0.2, 0.25) is 0 Å². The number of nitrogens with zero attached hydrogens (tertiary/aromatic N) is 1. The van der Waals surface area contributed by atoms with Crippen LogP contribution in [0.4, 0.5) is 14.5 Å². The number of anilines is 1. The second-order valence-electron chi connectivity index (χ2n) is 4.75. The Labute approximate surface area is 130 Å². The van der Waals surface area contributed by atoms with Crippen molar-refractivity contribution >= 4 is 17.6 Å². The fourth-order valence-electron chi connectivity index (χ4n) is 1.94. The molecule has 0 saturated heterocycles. The molecule has 0 aliphatic rings. The Balaban J connectivity index is 1.73. The van der Waals surface area contributed by atoms with E-state index in [1.165, 1.54) is 24.9 Å². The highest BCUT2D eigenvalue weighted by Crippen LogP contribution is 2.27. The van der Waals surface area contributed by atoms with Gasteiger partial charge in [0, 0.05) is 23.4 Å². The molecule has 2 heterocycles. The Bertz CT molecular complexity index is 787. The molecule has 2 N–H and O–H groups in total. The smallest absolute Gasteiger partial charge is 0.147 e. The molecule has 0 spiro atoms. The van der Waals surface area contributed by atoms with Gasteiger partial charge >= 0.3 is 0 Å². The monoisotopic (exact) mass is 317 g/mol. The predicted octanol–water partition coefficient (Wildman–Crippen LogP) is 4.78. The number of pyridine rings is 1. The van der Waals surface area contributed by atoms with Gasteiger partial charge in [-0.1, -0.05) is 6.07 Å². The van der Waals surface area contributed by atoms with Crippen molar-refractivity contribution in [1.82, 2.24) is 9.97 Å². The Morgan fingerprint density at radius 2 is 2.00 bits per heavy atom. The molecule has 0 saturated carbocycles. The number of hydrogen-bond acceptors (Lipinski definition) is 3. The van der Waals surface area contributed by atoms with E-state index in [9.17, 15) is 8.78 Å². The largest absolute Gasteiger partial charge is 0.359 e. The Morgan fingerprint density at radius 3 is 2.77 bits per heavy atom. The van der Waals surface area contributed by atoms with Gasteiger partial charge in [-0.3, -0.25) is 4.98 Å². The predicted molar refractivity (Wildman–Crippen MR) is 84.6 cm³/mol. The number of halogens is 2. The van der Waals surface area contributed by atoms with E-state index in [4.69, 9.17) is 0 Å². The molecular formula is C16H13F2N3S. The third kappa shape index (κ3) is 3.12. The zero-order valence-corrected chi connectivity index (χ0v) is 12.5. The maximum atomic E-state index is 13.7. The van der Waals surface area contributed by atoms with Gasteiger partial charge in [-0.25, -0.2) is 8.78 Å². The molecule has 0 aliphatic carbocycles. The second-order valence-corrected chi connectivity index (χ2v) is 5.63. The summed E-state index contributed by atoms with van der Waals surface area (Å²) in [6.07, 6.45) is 3.50.